The number of alkyl halides is 3. The first-order chi connectivity index (χ1) is 9.19. The quantitative estimate of drug-likeness (QED) is 0.497. The number of primary amides is 1. The zero-order valence-electron chi connectivity index (χ0n) is 10.3. The van der Waals surface area contributed by atoms with Gasteiger partial charge < -0.3 is 10.5 Å². The largest absolute Gasteiger partial charge is 0.573 e. The maximum absolute atomic E-state index is 12.0. The van der Waals surface area contributed by atoms with Crippen LogP contribution in [0.2, 0.25) is 0 Å². The van der Waals surface area contributed by atoms with Crippen LogP contribution in [0.4, 0.5) is 18.0 Å². The standard InChI is InChI=1S/C12H11F3N2O3/c1-8(17(19)11(16)18)5-6-9-3-2-4-10(7-9)20-12(13,14)15/h2-4,7-8,19H,1H3,(H2,16,18). The second kappa shape index (κ2) is 6.16. The summed E-state index contributed by atoms with van der Waals surface area (Å²) in [5, 5.41) is 9.37. The van der Waals surface area contributed by atoms with Crippen molar-refractivity contribution in [1.29, 1.82) is 0 Å². The molecular weight excluding hydrogens is 277 g/mol. The summed E-state index contributed by atoms with van der Waals surface area (Å²) in [4.78, 5) is 10.6. The Kier molecular flexibility index (Phi) is 4.83. The van der Waals surface area contributed by atoms with E-state index in [9.17, 15) is 18.0 Å². The van der Waals surface area contributed by atoms with Crippen LogP contribution < -0.4 is 10.5 Å². The van der Waals surface area contributed by atoms with Crippen molar-refractivity contribution in [3.05, 3.63) is 29.8 Å². The molecule has 0 saturated heterocycles. The number of carbonyl (C=O) groups is 1. The zero-order chi connectivity index (χ0) is 15.3. The number of benzene rings is 1. The molecule has 1 aromatic rings. The second-order valence-electron chi connectivity index (χ2n) is 3.70. The minimum absolute atomic E-state index is 0.211. The van der Waals surface area contributed by atoms with Crippen molar-refractivity contribution < 1.29 is 27.9 Å². The number of carbonyl (C=O) groups excluding carboxylic acids is 1. The molecule has 2 amide bonds. The highest BCUT2D eigenvalue weighted by molar-refractivity contribution is 5.71. The van der Waals surface area contributed by atoms with Crippen molar-refractivity contribution in [2.75, 3.05) is 0 Å². The van der Waals surface area contributed by atoms with Crippen LogP contribution in [0.1, 0.15) is 12.5 Å². The molecule has 1 unspecified atom stereocenters. The summed E-state index contributed by atoms with van der Waals surface area (Å²) >= 11 is 0. The van der Waals surface area contributed by atoms with E-state index in [1.807, 2.05) is 0 Å². The van der Waals surface area contributed by atoms with Gasteiger partial charge in [-0.25, -0.2) is 4.79 Å². The highest BCUT2D eigenvalue weighted by Gasteiger charge is 2.31. The monoisotopic (exact) mass is 288 g/mol. The molecule has 0 spiro atoms. The molecule has 3 N–H and O–H groups in total. The summed E-state index contributed by atoms with van der Waals surface area (Å²) in [6.07, 6.45) is -4.78. The smallest absolute Gasteiger partial charge is 0.406 e. The lowest BCUT2D eigenvalue weighted by atomic mass is 10.2. The van der Waals surface area contributed by atoms with Gasteiger partial charge in [-0.3, -0.25) is 5.21 Å². The van der Waals surface area contributed by atoms with Crippen LogP contribution in [0.5, 0.6) is 5.75 Å². The van der Waals surface area contributed by atoms with E-state index in [0.29, 0.717) is 0 Å². The first kappa shape index (κ1) is 15.7. The van der Waals surface area contributed by atoms with Gasteiger partial charge in [0, 0.05) is 5.56 Å². The normalized spacial score (nSPS) is 12.1. The van der Waals surface area contributed by atoms with E-state index < -0.39 is 24.2 Å². The Labute approximate surface area is 112 Å². The van der Waals surface area contributed by atoms with Crippen molar-refractivity contribution in [2.24, 2.45) is 5.73 Å². The number of halogens is 3. The lowest BCUT2D eigenvalue weighted by molar-refractivity contribution is -0.274. The zero-order valence-corrected chi connectivity index (χ0v) is 10.3. The Morgan fingerprint density at radius 3 is 2.70 bits per heavy atom. The van der Waals surface area contributed by atoms with E-state index in [-0.39, 0.29) is 10.6 Å². The summed E-state index contributed by atoms with van der Waals surface area (Å²) in [6, 6.07) is 3.01. The van der Waals surface area contributed by atoms with Gasteiger partial charge in [-0.05, 0) is 25.1 Å². The fourth-order valence-corrected chi connectivity index (χ4v) is 1.21. The number of urea groups is 1. The summed E-state index contributed by atoms with van der Waals surface area (Å²) in [7, 11) is 0. The molecular formula is C12H11F3N2O3. The first-order valence-corrected chi connectivity index (χ1v) is 5.34. The van der Waals surface area contributed by atoms with Gasteiger partial charge in [-0.15, -0.1) is 13.2 Å². The van der Waals surface area contributed by atoms with Crippen LogP contribution in [0.15, 0.2) is 24.3 Å². The molecule has 1 atom stereocenters. The minimum Gasteiger partial charge on any atom is -0.406 e. The molecule has 0 aliphatic heterocycles. The number of rotatable bonds is 2. The van der Waals surface area contributed by atoms with Crippen LogP contribution in [-0.4, -0.2) is 28.7 Å². The predicted octanol–water partition coefficient (Wildman–Crippen LogP) is 2.10. The number of ether oxygens (including phenoxy) is 1. The number of hydroxylamine groups is 2. The Balaban J connectivity index is 2.84. The average Bonchev–Trinajstić information content (AvgIpc) is 2.33. The van der Waals surface area contributed by atoms with E-state index in [4.69, 9.17) is 10.9 Å². The maximum Gasteiger partial charge on any atom is 0.573 e. The van der Waals surface area contributed by atoms with Gasteiger partial charge in [0.15, 0.2) is 0 Å². The summed E-state index contributed by atoms with van der Waals surface area (Å²) in [5.41, 5.74) is 5.06. The topological polar surface area (TPSA) is 75.8 Å². The average molecular weight is 288 g/mol. The molecule has 0 aliphatic carbocycles. The highest BCUT2D eigenvalue weighted by Crippen LogP contribution is 2.22. The molecule has 5 nitrogen and oxygen atoms in total. The summed E-state index contributed by atoms with van der Waals surface area (Å²) < 4.78 is 39.8. The Morgan fingerprint density at radius 1 is 1.50 bits per heavy atom. The molecule has 0 radical (unpaired) electrons. The number of nitrogens with zero attached hydrogens (tertiary/aromatic N) is 1. The maximum atomic E-state index is 12.0. The molecule has 20 heavy (non-hydrogen) atoms. The number of hydrogen-bond donors (Lipinski definition) is 2. The van der Waals surface area contributed by atoms with Gasteiger partial charge in [0.25, 0.3) is 0 Å². The minimum atomic E-state index is -4.78. The fraction of sp³-hybridized carbons (Fsp3) is 0.250. The molecule has 108 valence electrons. The van der Waals surface area contributed by atoms with Crippen molar-refractivity contribution in [3.8, 4) is 17.6 Å². The molecule has 0 aromatic heterocycles. The Morgan fingerprint density at radius 2 is 2.15 bits per heavy atom. The predicted molar refractivity (Wildman–Crippen MR) is 62.7 cm³/mol. The van der Waals surface area contributed by atoms with Gasteiger partial charge >= 0.3 is 12.4 Å². The lowest BCUT2D eigenvalue weighted by Gasteiger charge is -2.14. The summed E-state index contributed by atoms with van der Waals surface area (Å²) in [6.45, 7) is 1.40. The molecule has 8 heteroatoms. The molecule has 1 aromatic carbocycles. The van der Waals surface area contributed by atoms with Crippen LogP contribution in [0.3, 0.4) is 0 Å². The van der Waals surface area contributed by atoms with Gasteiger partial charge in [0.2, 0.25) is 0 Å². The summed E-state index contributed by atoms with van der Waals surface area (Å²) in [5.74, 6) is 4.55. The van der Waals surface area contributed by atoms with Crippen molar-refractivity contribution >= 4 is 6.03 Å². The second-order valence-corrected chi connectivity index (χ2v) is 3.70. The lowest BCUT2D eigenvalue weighted by Crippen LogP contribution is -2.38. The molecule has 0 saturated carbocycles. The molecule has 0 heterocycles. The molecule has 1 rings (SSSR count). The fourth-order valence-electron chi connectivity index (χ4n) is 1.21. The van der Waals surface area contributed by atoms with Gasteiger partial charge in [0.1, 0.15) is 11.8 Å². The van der Waals surface area contributed by atoms with Gasteiger partial charge in [-0.1, -0.05) is 17.9 Å². The van der Waals surface area contributed by atoms with E-state index in [0.717, 1.165) is 12.1 Å². The van der Waals surface area contributed by atoms with E-state index >= 15 is 0 Å². The third kappa shape index (κ3) is 5.07. The van der Waals surface area contributed by atoms with E-state index in [1.54, 1.807) is 0 Å². The molecule has 0 aliphatic rings. The van der Waals surface area contributed by atoms with E-state index in [2.05, 4.69) is 16.6 Å². The van der Waals surface area contributed by atoms with Crippen LogP contribution >= 0.6 is 0 Å². The third-order valence-electron chi connectivity index (χ3n) is 2.09. The number of nitrogens with two attached hydrogens (primary N) is 1. The van der Waals surface area contributed by atoms with Crippen molar-refractivity contribution in [3.63, 3.8) is 0 Å². The van der Waals surface area contributed by atoms with Crippen molar-refractivity contribution in [2.45, 2.75) is 19.3 Å². The van der Waals surface area contributed by atoms with Crippen LogP contribution in [0, 0.1) is 11.8 Å². The highest BCUT2D eigenvalue weighted by atomic mass is 19.4. The van der Waals surface area contributed by atoms with Crippen LogP contribution in [0.25, 0.3) is 0 Å². The van der Waals surface area contributed by atoms with Gasteiger partial charge in [0.05, 0.1) is 0 Å². The number of hydrogen-bond acceptors (Lipinski definition) is 3. The number of amides is 2. The van der Waals surface area contributed by atoms with Crippen LogP contribution in [-0.2, 0) is 0 Å². The van der Waals surface area contributed by atoms with Crippen molar-refractivity contribution in [1.82, 2.24) is 5.06 Å². The first-order valence-electron chi connectivity index (χ1n) is 5.34. The van der Waals surface area contributed by atoms with E-state index in [1.165, 1.54) is 19.1 Å². The Hall–Kier alpha value is -2.40. The third-order valence-corrected chi connectivity index (χ3v) is 2.09. The van der Waals surface area contributed by atoms with Gasteiger partial charge in [-0.2, -0.15) is 5.06 Å². The molecule has 0 bridgehead atoms. The Bertz CT molecular complexity index is 549. The molecule has 0 fully saturated rings. The SMILES string of the molecule is CC(C#Cc1cccc(OC(F)(F)F)c1)N(O)C(N)=O.